The Balaban J connectivity index is 0. The zero-order valence-corrected chi connectivity index (χ0v) is 40.5. The molecule has 20 heteroatoms. The van der Waals surface area contributed by atoms with E-state index in [9.17, 15) is 33.9 Å². The Morgan fingerprint density at radius 2 is 1.11 bits per heavy atom. The molecule has 0 heterocycles. The first-order valence-corrected chi connectivity index (χ1v) is 27.2. The first-order valence-electron chi connectivity index (χ1n) is 19.4. The molecule has 0 aliphatic heterocycles. The SMILES string of the molecule is C.CCOC(=O)OC(C)OC(=O)CNC(=O)[C@@H](CSSC[C@H](CCSC)NC(C)=O)Cc1ccccc1.CSCC[C@@H](CSSC[C@@H](Cc1ccccc1)C(=O)O)NC(C)=O.F. The maximum absolute atomic E-state index is 12.9. The minimum absolute atomic E-state index is 0. The number of benzene rings is 2. The Morgan fingerprint density at radius 3 is 1.53 bits per heavy atom. The van der Waals surface area contributed by atoms with Crippen LogP contribution in [-0.2, 0) is 51.0 Å². The number of amides is 3. The summed E-state index contributed by atoms with van der Waals surface area (Å²) in [6.07, 6.45) is 4.88. The van der Waals surface area contributed by atoms with Gasteiger partial charge < -0.3 is 35.3 Å². The number of ether oxygens (including phenoxy) is 3. The fraction of sp³-hybridized carbons (Fsp3) is 0.571. The second-order valence-electron chi connectivity index (χ2n) is 13.2. The average molecular weight is 984 g/mol. The Hall–Kier alpha value is -2.91. The van der Waals surface area contributed by atoms with Crippen molar-refractivity contribution in [3.63, 3.8) is 0 Å². The van der Waals surface area contributed by atoms with E-state index in [0.29, 0.717) is 24.3 Å². The minimum atomic E-state index is -1.14. The molecule has 13 nitrogen and oxygen atoms in total. The molecule has 352 valence electrons. The van der Waals surface area contributed by atoms with Gasteiger partial charge in [-0.15, -0.1) is 0 Å². The molecular weight excluding hydrogens is 918 g/mol. The number of thioether (sulfide) groups is 2. The van der Waals surface area contributed by atoms with Crippen molar-refractivity contribution in [1.82, 2.24) is 16.0 Å². The highest BCUT2D eigenvalue weighted by Gasteiger charge is 2.23. The van der Waals surface area contributed by atoms with Crippen LogP contribution in [0.15, 0.2) is 60.7 Å². The van der Waals surface area contributed by atoms with Gasteiger partial charge in [-0.1, -0.05) is 111 Å². The number of hydrogen-bond donors (Lipinski definition) is 4. The summed E-state index contributed by atoms with van der Waals surface area (Å²) in [5.41, 5.74) is 2.06. The first kappa shape index (κ1) is 61.2. The second-order valence-corrected chi connectivity index (χ2v) is 20.3. The number of carbonyl (C=O) groups excluding carboxylic acids is 5. The largest absolute Gasteiger partial charge is 0.511 e. The molecule has 5 atom stereocenters. The van der Waals surface area contributed by atoms with Gasteiger partial charge in [-0.05, 0) is 67.8 Å². The number of carbonyl (C=O) groups is 6. The first-order chi connectivity index (χ1) is 28.8. The highest BCUT2D eigenvalue weighted by Crippen LogP contribution is 2.28. The van der Waals surface area contributed by atoms with Crippen LogP contribution in [0, 0.1) is 11.8 Å². The normalized spacial score (nSPS) is 12.7. The Labute approximate surface area is 391 Å². The van der Waals surface area contributed by atoms with Crippen molar-refractivity contribution in [2.45, 2.75) is 79.2 Å². The minimum Gasteiger partial charge on any atom is -0.481 e. The quantitative estimate of drug-likeness (QED) is 0.0266. The van der Waals surface area contributed by atoms with Gasteiger partial charge in [-0.25, -0.2) is 4.79 Å². The molecular formula is C42H66FN3O10S6. The van der Waals surface area contributed by atoms with Gasteiger partial charge in [0, 0.05) is 55.9 Å². The van der Waals surface area contributed by atoms with Crippen LogP contribution < -0.4 is 16.0 Å². The van der Waals surface area contributed by atoms with Crippen LogP contribution in [0.2, 0.25) is 0 Å². The molecule has 3 amide bonds. The molecule has 0 spiro atoms. The fourth-order valence-electron chi connectivity index (χ4n) is 5.09. The topological polar surface area (TPSA) is 186 Å². The second kappa shape index (κ2) is 38.5. The molecule has 0 aromatic heterocycles. The summed E-state index contributed by atoms with van der Waals surface area (Å²) >= 11 is 3.49. The standard InChI is InChI=1S/C24H36N2O7S3.C17H25NO3S3.CH4.FH/c1-5-31-24(30)33-18(3)32-22(28)14-25-23(29)20(13-19-9-7-6-8-10-19)15-35-36-16-21(11-12-34-4)26-17(2)27;1-13(19)18-16(8-9-22-2)12-24-23-11-15(17(20)21)10-14-6-4-3-5-7-14;;/h6-10,18,20-21H,5,11-16H2,1-4H3,(H,25,29)(H,26,27);3-7,15-16H,8-12H2,1-2H3,(H,18,19)(H,20,21);1H4;1H/t18?,20-,21+;15-,16+;;/m11../s1. The van der Waals surface area contributed by atoms with E-state index in [2.05, 4.69) is 20.7 Å². The summed E-state index contributed by atoms with van der Waals surface area (Å²) < 4.78 is 14.4. The van der Waals surface area contributed by atoms with Crippen LogP contribution in [0.3, 0.4) is 0 Å². The van der Waals surface area contributed by atoms with E-state index in [4.69, 9.17) is 9.47 Å². The maximum atomic E-state index is 12.9. The molecule has 0 radical (unpaired) electrons. The lowest BCUT2D eigenvalue weighted by molar-refractivity contribution is -0.167. The lowest BCUT2D eigenvalue weighted by Crippen LogP contribution is -2.38. The average Bonchev–Trinajstić information content (AvgIpc) is 3.20. The summed E-state index contributed by atoms with van der Waals surface area (Å²) in [5, 5.41) is 18.0. The van der Waals surface area contributed by atoms with E-state index in [0.717, 1.165) is 47.0 Å². The van der Waals surface area contributed by atoms with E-state index >= 15 is 0 Å². The number of nitrogens with one attached hydrogen (secondary N) is 3. The van der Waals surface area contributed by atoms with Crippen LogP contribution in [0.4, 0.5) is 9.50 Å². The molecule has 0 aliphatic carbocycles. The van der Waals surface area contributed by atoms with Crippen LogP contribution in [0.25, 0.3) is 0 Å². The van der Waals surface area contributed by atoms with Gasteiger partial charge in [0.05, 0.1) is 18.4 Å². The number of rotatable bonds is 29. The molecule has 2 rings (SSSR count). The zero-order chi connectivity index (χ0) is 44.5. The van der Waals surface area contributed by atoms with Gasteiger partial charge in [0.1, 0.15) is 6.54 Å². The smallest absolute Gasteiger partial charge is 0.481 e. The molecule has 4 N–H and O–H groups in total. The van der Waals surface area contributed by atoms with Crippen molar-refractivity contribution < 1.29 is 52.8 Å². The lowest BCUT2D eigenvalue weighted by Gasteiger charge is -2.19. The highest BCUT2D eigenvalue weighted by atomic mass is 33.1. The van der Waals surface area contributed by atoms with Gasteiger partial charge in [-0.3, -0.25) is 28.7 Å². The van der Waals surface area contributed by atoms with Crippen LogP contribution >= 0.6 is 66.7 Å². The molecule has 0 aliphatic rings. The molecule has 0 saturated heterocycles. The lowest BCUT2D eigenvalue weighted by atomic mass is 10.0. The monoisotopic (exact) mass is 983 g/mol. The molecule has 0 bridgehead atoms. The summed E-state index contributed by atoms with van der Waals surface area (Å²) in [4.78, 5) is 70.4. The Kier molecular flexibility index (Phi) is 38.0. The summed E-state index contributed by atoms with van der Waals surface area (Å²) in [6.45, 7) is 5.85. The van der Waals surface area contributed by atoms with Gasteiger partial charge in [-0.2, -0.15) is 23.5 Å². The van der Waals surface area contributed by atoms with Crippen molar-refractivity contribution in [3.05, 3.63) is 71.8 Å². The molecule has 62 heavy (non-hydrogen) atoms. The zero-order valence-electron chi connectivity index (χ0n) is 35.6. The third-order valence-electron chi connectivity index (χ3n) is 8.00. The fourth-order valence-corrected chi connectivity index (χ4v) is 11.3. The number of esters is 1. The highest BCUT2D eigenvalue weighted by molar-refractivity contribution is 8.77. The van der Waals surface area contributed by atoms with Crippen molar-refractivity contribution in [2.75, 3.05) is 60.2 Å². The van der Waals surface area contributed by atoms with E-state index in [-0.39, 0.29) is 61.0 Å². The van der Waals surface area contributed by atoms with Crippen molar-refractivity contribution in [1.29, 1.82) is 0 Å². The third kappa shape index (κ3) is 31.9. The van der Waals surface area contributed by atoms with E-state index < -0.39 is 30.3 Å². The summed E-state index contributed by atoms with van der Waals surface area (Å²) in [6, 6.07) is 19.6. The maximum Gasteiger partial charge on any atom is 0.511 e. The molecule has 2 aromatic rings. The van der Waals surface area contributed by atoms with Crippen LogP contribution in [-0.4, -0.2) is 119 Å². The summed E-state index contributed by atoms with van der Waals surface area (Å²) in [5.74, 6) is 1.97. The summed E-state index contributed by atoms with van der Waals surface area (Å²) in [7, 11) is 6.39. The Bertz CT molecular complexity index is 1540. The van der Waals surface area contributed by atoms with Crippen molar-refractivity contribution in [2.24, 2.45) is 11.8 Å². The molecule has 0 fully saturated rings. The predicted octanol–water partition coefficient (Wildman–Crippen LogP) is 8.02. The number of hydrogen-bond acceptors (Lipinski definition) is 15. The number of carboxylic acid groups (broad SMARTS) is 1. The van der Waals surface area contributed by atoms with E-state index in [1.54, 1.807) is 73.6 Å². The molecule has 2 aromatic carbocycles. The molecule has 0 saturated carbocycles. The Morgan fingerprint density at radius 1 is 0.677 bits per heavy atom. The van der Waals surface area contributed by atoms with E-state index in [1.807, 2.05) is 73.2 Å². The molecule has 1 unspecified atom stereocenters. The third-order valence-corrected chi connectivity index (χ3v) is 14.4. The number of halogens is 1. The van der Waals surface area contributed by atoms with Crippen molar-refractivity contribution in [3.8, 4) is 0 Å². The number of aliphatic carboxylic acids is 1. The van der Waals surface area contributed by atoms with Gasteiger partial charge in [0.25, 0.3) is 0 Å². The van der Waals surface area contributed by atoms with Gasteiger partial charge in [0.2, 0.25) is 24.0 Å². The van der Waals surface area contributed by atoms with Crippen LogP contribution in [0.1, 0.15) is 59.1 Å². The van der Waals surface area contributed by atoms with Crippen LogP contribution in [0.5, 0.6) is 0 Å². The van der Waals surface area contributed by atoms with Crippen molar-refractivity contribution >= 4 is 103 Å². The van der Waals surface area contributed by atoms with E-state index in [1.165, 1.54) is 20.8 Å². The predicted molar refractivity (Wildman–Crippen MR) is 262 cm³/mol. The van der Waals surface area contributed by atoms with Gasteiger partial charge in [0.15, 0.2) is 0 Å². The number of carboxylic acids is 1. The van der Waals surface area contributed by atoms with Gasteiger partial charge >= 0.3 is 18.1 Å².